The summed E-state index contributed by atoms with van der Waals surface area (Å²) in [6, 6.07) is 141. The van der Waals surface area contributed by atoms with Gasteiger partial charge < -0.3 is 23.5 Å². The van der Waals surface area contributed by atoms with Crippen LogP contribution in [0.15, 0.2) is 391 Å². The van der Waals surface area contributed by atoms with Crippen LogP contribution >= 0.6 is 0 Å². The number of furan rings is 2. The minimum absolute atomic E-state index is 0.00469. The van der Waals surface area contributed by atoms with E-state index in [2.05, 4.69) is 511 Å². The molecule has 18 aromatic carbocycles. The van der Waals surface area contributed by atoms with Crippen molar-refractivity contribution in [2.75, 3.05) is 14.7 Å². The molecule has 0 spiro atoms. The molecule has 2 heterocycles. The van der Waals surface area contributed by atoms with E-state index >= 15 is 0 Å². The van der Waals surface area contributed by atoms with Crippen LogP contribution in [-0.2, 0) is 54.1 Å². The molecule has 143 heavy (non-hydrogen) atoms. The van der Waals surface area contributed by atoms with Gasteiger partial charge in [-0.2, -0.15) is 0 Å². The molecule has 20 aromatic rings. The summed E-state index contributed by atoms with van der Waals surface area (Å²) in [5.41, 5.74) is 52.3. The number of para-hydroxylation sites is 5. The number of rotatable bonds is 9. The molecule has 0 bridgehead atoms. The fourth-order valence-electron chi connectivity index (χ4n) is 26.7. The van der Waals surface area contributed by atoms with Crippen LogP contribution in [0, 0.1) is 0 Å². The Bertz CT molecular complexity index is 8690. The molecule has 0 aliphatic heterocycles. The summed E-state index contributed by atoms with van der Waals surface area (Å²) >= 11 is 0. The molecule has 0 unspecified atom stereocenters. The largest absolute Gasteiger partial charge is 0.456 e. The molecule has 0 saturated heterocycles. The molecule has 702 valence electrons. The van der Waals surface area contributed by atoms with Crippen LogP contribution in [0.2, 0.25) is 0 Å². The molecular weight excluding hydrogens is 1730 g/mol. The molecule has 0 saturated carbocycles. The summed E-state index contributed by atoms with van der Waals surface area (Å²) in [5, 5.41) is 4.57. The number of nitrogens with zero attached hydrogens (tertiary/aromatic N) is 3. The van der Waals surface area contributed by atoms with Crippen molar-refractivity contribution in [3.63, 3.8) is 0 Å². The third-order valence-electron chi connectivity index (χ3n) is 36.6. The molecule has 27 rings (SSSR count). The highest BCUT2D eigenvalue weighted by Crippen LogP contribution is 2.66. The van der Waals surface area contributed by atoms with Gasteiger partial charge >= 0.3 is 0 Å². The molecule has 5 heteroatoms. The summed E-state index contributed by atoms with van der Waals surface area (Å²) < 4.78 is 12.7. The first-order chi connectivity index (χ1) is 68.5. The molecule has 0 fully saturated rings. The van der Waals surface area contributed by atoms with E-state index in [1.807, 2.05) is 24.3 Å². The molecule has 0 N–H and O–H groups in total. The van der Waals surface area contributed by atoms with Gasteiger partial charge in [0.15, 0.2) is 0 Å². The van der Waals surface area contributed by atoms with Gasteiger partial charge in [0.25, 0.3) is 0 Å². The maximum Gasteiger partial charge on any atom is 0.137 e. The normalized spacial score (nSPS) is 16.8. The first-order valence-corrected chi connectivity index (χ1v) is 51.4. The van der Waals surface area contributed by atoms with E-state index in [1.54, 1.807) is 0 Å². The summed E-state index contributed by atoms with van der Waals surface area (Å²) in [5.74, 6) is 0. The first-order valence-electron chi connectivity index (χ1n) is 51.4. The lowest BCUT2D eigenvalue weighted by molar-refractivity contribution is 0.298. The Labute approximate surface area is 843 Å². The number of hydrogen-bond donors (Lipinski definition) is 0. The summed E-state index contributed by atoms with van der Waals surface area (Å²) in [7, 11) is 0. The average molecular weight is 1860 g/mol. The molecule has 7 aliphatic carbocycles. The van der Waals surface area contributed by atoms with Crippen molar-refractivity contribution in [2.45, 2.75) is 193 Å². The van der Waals surface area contributed by atoms with Crippen LogP contribution in [0.3, 0.4) is 0 Å². The van der Waals surface area contributed by atoms with Crippen molar-refractivity contribution in [3.05, 3.63) is 460 Å². The smallest absolute Gasteiger partial charge is 0.137 e. The number of fused-ring (bicyclic) bond motifs is 29. The highest BCUT2D eigenvalue weighted by atomic mass is 16.3. The van der Waals surface area contributed by atoms with Crippen molar-refractivity contribution in [3.8, 4) is 77.9 Å². The molecular formula is C138H123N3O2. The zero-order chi connectivity index (χ0) is 98.7. The van der Waals surface area contributed by atoms with Crippen molar-refractivity contribution in [1.29, 1.82) is 0 Å². The number of anilines is 9. The SMILES string of the molecule is CC1(C)c2cc(N(c3ccccc3)c3ccc4c(c3)oc3ccccc34)ccc2-c2cc3c(cc21)C(C)(C)C(C)(C)c1ccccc1-3.CC1(C)c2cc(N(c3ccccc3)c3ccc4c(c3)oc3ccccc34)ccc2-c2ccc3c(c21)-c1ccccc1C(C)(C)C3(C)C.CC1(C)c2ccccc2-c2ccc(N(c3ccccc3)c3ccc4c(c3)C(C)(C)c3c-4ccc4c3-c3ccccc3C(C)(C)C4(C)C)cc21. The maximum atomic E-state index is 6.35. The minimum Gasteiger partial charge on any atom is -0.456 e. The van der Waals surface area contributed by atoms with Gasteiger partial charge in [-0.25, -0.2) is 0 Å². The fourth-order valence-corrected chi connectivity index (χ4v) is 26.7. The Kier molecular flexibility index (Phi) is 19.5. The fraction of sp³-hybridized carbons (Fsp3) is 0.217. The van der Waals surface area contributed by atoms with E-state index in [4.69, 9.17) is 8.83 Å². The van der Waals surface area contributed by atoms with E-state index < -0.39 is 0 Å². The third kappa shape index (κ3) is 12.8. The van der Waals surface area contributed by atoms with Crippen LogP contribution in [0.25, 0.3) is 122 Å². The van der Waals surface area contributed by atoms with Crippen molar-refractivity contribution in [1.82, 2.24) is 0 Å². The van der Waals surface area contributed by atoms with E-state index in [0.29, 0.717) is 0 Å². The van der Waals surface area contributed by atoms with Gasteiger partial charge in [0, 0.05) is 107 Å². The number of hydrogen-bond acceptors (Lipinski definition) is 5. The molecule has 2 aromatic heterocycles. The van der Waals surface area contributed by atoms with Crippen LogP contribution in [0.4, 0.5) is 51.2 Å². The van der Waals surface area contributed by atoms with Gasteiger partial charge in [-0.1, -0.05) is 381 Å². The van der Waals surface area contributed by atoms with E-state index in [1.165, 1.54) is 173 Å². The Morgan fingerprint density at radius 2 is 0.399 bits per heavy atom. The van der Waals surface area contributed by atoms with Crippen LogP contribution in [-0.4, -0.2) is 0 Å². The zero-order valence-electron chi connectivity index (χ0n) is 86.0. The maximum absolute atomic E-state index is 6.35. The van der Waals surface area contributed by atoms with Gasteiger partial charge in [0.05, 0.1) is 0 Å². The Morgan fingerprint density at radius 1 is 0.147 bits per heavy atom. The molecule has 5 nitrogen and oxygen atoms in total. The summed E-state index contributed by atoms with van der Waals surface area (Å²) in [6.07, 6.45) is 0. The van der Waals surface area contributed by atoms with Crippen molar-refractivity contribution < 1.29 is 8.83 Å². The van der Waals surface area contributed by atoms with Gasteiger partial charge in [0.2, 0.25) is 0 Å². The van der Waals surface area contributed by atoms with Crippen LogP contribution < -0.4 is 14.7 Å². The van der Waals surface area contributed by atoms with E-state index in [0.717, 1.165) is 78.0 Å². The van der Waals surface area contributed by atoms with Gasteiger partial charge in [-0.15, -0.1) is 0 Å². The van der Waals surface area contributed by atoms with Crippen LogP contribution in [0.5, 0.6) is 0 Å². The predicted octanol–water partition coefficient (Wildman–Crippen LogP) is 38.2. The Hall–Kier alpha value is -15.0. The monoisotopic (exact) mass is 1850 g/mol. The lowest BCUT2D eigenvalue weighted by atomic mass is 9.54. The minimum atomic E-state index is -0.193. The second-order valence-electron chi connectivity index (χ2n) is 46.7. The highest BCUT2D eigenvalue weighted by Gasteiger charge is 2.54. The standard InChI is InChI=1S/C48H45N.2C45H39NO/c1-45(2)38-20-14-12-18-33(38)34-24-22-31(28-41(34)45)49(30-16-10-9-11-17-30)32-23-25-35-36-26-27-40-43(44(36)46(3,4)42(35)29-32)37-19-13-15-21-39(37)47(5,6)48(40,7)8;1-43(2)38-26-29(46(28-14-8-7-9-15-28)30-21-23-33-32-16-11-13-19-39(32)47-40(33)27-30)20-22-31(38)34-24-25-37-41(42(34)43)35-17-10-12-18-36(35)44(3,4)45(37,5)6;1-43(2)38-24-29(46(28-14-8-7-9-15-28)30-21-23-34-33-17-11-13-19-41(33)47-42(34)25-30)20-22-32(38)35-26-36-31-16-10-12-18-37(31)44(3,4)45(5,6)40(36)27-39(35)43/h9-29H,1-8H3;2*7-27H,1-6H3. The number of benzene rings is 18. The van der Waals surface area contributed by atoms with Gasteiger partial charge in [0.1, 0.15) is 22.3 Å². The zero-order valence-corrected chi connectivity index (χ0v) is 86.0. The summed E-state index contributed by atoms with van der Waals surface area (Å²) in [6.45, 7) is 48.3. The average Bonchev–Trinajstić information content (AvgIpc) is 1.61. The topological polar surface area (TPSA) is 36.0 Å². The Balaban J connectivity index is 0.000000113. The Morgan fingerprint density at radius 3 is 0.797 bits per heavy atom. The second kappa shape index (κ2) is 31.2. The molecule has 7 aliphatic rings. The lowest BCUT2D eigenvalue weighted by Crippen LogP contribution is -2.44. The molecule has 0 amide bonds. The lowest BCUT2D eigenvalue weighted by Gasteiger charge is -2.49. The van der Waals surface area contributed by atoms with Gasteiger partial charge in [-0.05, 0) is 316 Å². The van der Waals surface area contributed by atoms with Crippen LogP contribution in [0.1, 0.15) is 216 Å². The van der Waals surface area contributed by atoms with Gasteiger partial charge in [-0.3, -0.25) is 0 Å². The van der Waals surface area contributed by atoms with Crippen molar-refractivity contribution in [2.24, 2.45) is 0 Å². The van der Waals surface area contributed by atoms with Crippen molar-refractivity contribution >= 4 is 95.1 Å². The predicted molar refractivity (Wildman–Crippen MR) is 603 cm³/mol. The van der Waals surface area contributed by atoms with E-state index in [9.17, 15) is 0 Å². The third-order valence-corrected chi connectivity index (χ3v) is 36.6. The quantitative estimate of drug-likeness (QED) is 0.144. The first kappa shape index (κ1) is 89.3. The summed E-state index contributed by atoms with van der Waals surface area (Å²) in [4.78, 5) is 7.18. The molecule has 0 atom stereocenters. The highest BCUT2D eigenvalue weighted by molar-refractivity contribution is 6.08. The second-order valence-corrected chi connectivity index (χ2v) is 46.7. The van der Waals surface area contributed by atoms with E-state index in [-0.39, 0.29) is 54.1 Å². The molecule has 0 radical (unpaired) electrons.